The summed E-state index contributed by atoms with van der Waals surface area (Å²) in [7, 11) is 0. The van der Waals surface area contributed by atoms with Crippen LogP contribution in [-0.4, -0.2) is 12.0 Å². The normalized spacial score (nSPS) is 16.8. The van der Waals surface area contributed by atoms with Gasteiger partial charge in [0.1, 0.15) is 6.61 Å². The van der Waals surface area contributed by atoms with E-state index in [1.807, 2.05) is 61.6 Å². The fourth-order valence-electron chi connectivity index (χ4n) is 2.40. The summed E-state index contributed by atoms with van der Waals surface area (Å²) < 4.78 is 5.44. The molecule has 0 radical (unpaired) electrons. The quantitative estimate of drug-likeness (QED) is 0.799. The van der Waals surface area contributed by atoms with E-state index in [0.29, 0.717) is 11.5 Å². The number of nitrogens with two attached hydrogens (primary N) is 1. The largest absolute Gasteiger partial charge is 0.461 e. The van der Waals surface area contributed by atoms with Crippen LogP contribution in [0.5, 0.6) is 0 Å². The van der Waals surface area contributed by atoms with Crippen molar-refractivity contribution in [3.05, 3.63) is 70.8 Å². The Kier molecular flexibility index (Phi) is 6.63. The molecule has 0 heterocycles. The van der Waals surface area contributed by atoms with Crippen LogP contribution >= 0.6 is 11.6 Å². The van der Waals surface area contributed by atoms with E-state index >= 15 is 0 Å². The number of carbonyl (C=O) groups excluding carboxylic acids is 1. The molecule has 0 fully saturated rings. The molecule has 0 aliphatic heterocycles. The molecule has 122 valence electrons. The summed E-state index contributed by atoms with van der Waals surface area (Å²) in [6.45, 7) is 2.11. The van der Waals surface area contributed by atoms with Crippen LogP contribution in [0.4, 0.5) is 0 Å². The van der Waals surface area contributed by atoms with Gasteiger partial charge in [0, 0.05) is 11.1 Å². The van der Waals surface area contributed by atoms with E-state index in [-0.39, 0.29) is 24.5 Å². The Labute approximate surface area is 142 Å². The number of halogens is 1. The first-order valence-corrected chi connectivity index (χ1v) is 8.12. The fourth-order valence-corrected chi connectivity index (χ4v) is 2.55. The van der Waals surface area contributed by atoms with Crippen LogP contribution in [0.3, 0.4) is 0 Å². The number of carbonyl (C=O) groups is 1. The molecule has 0 bridgehead atoms. The van der Waals surface area contributed by atoms with Crippen molar-refractivity contribution in [3.8, 4) is 0 Å². The Hall–Kier alpha value is -1.84. The molecule has 1 aliphatic rings. The van der Waals surface area contributed by atoms with E-state index < -0.39 is 0 Å². The average Bonchev–Trinajstić information content (AvgIpc) is 2.75. The van der Waals surface area contributed by atoms with Gasteiger partial charge in [0.15, 0.2) is 0 Å². The number of esters is 1. The van der Waals surface area contributed by atoms with E-state index in [0.717, 1.165) is 17.6 Å². The molecule has 2 atom stereocenters. The van der Waals surface area contributed by atoms with Crippen LogP contribution in [0, 0.1) is 5.92 Å². The number of benzene rings is 1. The lowest BCUT2D eigenvalue weighted by Gasteiger charge is -2.20. The standard InChI is InChI=1S/C19H22ClNO2/c1-14(21)18(12-15-8-5-9-17(20)11-10-15)19(22)23-13-16-6-3-2-4-7-16/h2-7,9-11,14,18H,8,12-13,21H2,1H3. The van der Waals surface area contributed by atoms with Crippen LogP contribution in [0.15, 0.2) is 65.2 Å². The van der Waals surface area contributed by atoms with Crippen molar-refractivity contribution < 1.29 is 9.53 Å². The molecule has 4 heteroatoms. The number of ether oxygens (including phenoxy) is 1. The minimum absolute atomic E-state index is 0.256. The third-order valence-electron chi connectivity index (χ3n) is 3.78. The van der Waals surface area contributed by atoms with Gasteiger partial charge in [-0.2, -0.15) is 0 Å². The van der Waals surface area contributed by atoms with Gasteiger partial charge >= 0.3 is 5.97 Å². The predicted molar refractivity (Wildman–Crippen MR) is 93.8 cm³/mol. The maximum atomic E-state index is 12.4. The van der Waals surface area contributed by atoms with Crippen molar-refractivity contribution in [3.63, 3.8) is 0 Å². The molecule has 2 rings (SSSR count). The van der Waals surface area contributed by atoms with Gasteiger partial charge in [0.2, 0.25) is 0 Å². The van der Waals surface area contributed by atoms with Crippen molar-refractivity contribution >= 4 is 17.6 Å². The minimum Gasteiger partial charge on any atom is -0.461 e. The molecule has 0 saturated heterocycles. The van der Waals surface area contributed by atoms with Gasteiger partial charge in [-0.05, 0) is 37.5 Å². The van der Waals surface area contributed by atoms with Crippen molar-refractivity contribution in [2.45, 2.75) is 32.4 Å². The Bertz CT molecular complexity index is 618. The monoisotopic (exact) mass is 331 g/mol. The van der Waals surface area contributed by atoms with Crippen LogP contribution in [0.25, 0.3) is 0 Å². The summed E-state index contributed by atoms with van der Waals surface area (Å²) in [5.41, 5.74) is 8.09. The smallest absolute Gasteiger partial charge is 0.311 e. The second-order valence-electron chi connectivity index (χ2n) is 5.75. The molecule has 1 aliphatic carbocycles. The molecule has 1 aromatic carbocycles. The predicted octanol–water partition coefficient (Wildman–Crippen LogP) is 4.09. The molecule has 2 N–H and O–H groups in total. The Morgan fingerprint density at radius 1 is 1.30 bits per heavy atom. The number of hydrogen-bond donors (Lipinski definition) is 1. The Balaban J connectivity index is 1.97. The Morgan fingerprint density at radius 2 is 2.04 bits per heavy atom. The van der Waals surface area contributed by atoms with Gasteiger partial charge in [-0.3, -0.25) is 4.79 Å². The van der Waals surface area contributed by atoms with E-state index in [9.17, 15) is 4.79 Å². The lowest BCUT2D eigenvalue weighted by Crippen LogP contribution is -2.34. The highest BCUT2D eigenvalue weighted by atomic mass is 35.5. The summed E-state index contributed by atoms with van der Waals surface area (Å²) in [5, 5.41) is 0.684. The lowest BCUT2D eigenvalue weighted by molar-refractivity contribution is -0.150. The molecular formula is C19H22ClNO2. The zero-order valence-corrected chi connectivity index (χ0v) is 14.0. The Morgan fingerprint density at radius 3 is 2.74 bits per heavy atom. The summed E-state index contributed by atoms with van der Waals surface area (Å²) in [6.07, 6.45) is 9.00. The number of allylic oxidation sites excluding steroid dienone is 6. The summed E-state index contributed by atoms with van der Waals surface area (Å²) in [4.78, 5) is 12.4. The minimum atomic E-state index is -0.358. The molecule has 2 unspecified atom stereocenters. The van der Waals surface area contributed by atoms with Crippen molar-refractivity contribution in [1.29, 1.82) is 0 Å². The van der Waals surface area contributed by atoms with Crippen LogP contribution in [0.2, 0.25) is 0 Å². The van der Waals surface area contributed by atoms with Gasteiger partial charge < -0.3 is 10.5 Å². The maximum absolute atomic E-state index is 12.4. The van der Waals surface area contributed by atoms with Crippen LogP contribution in [0.1, 0.15) is 25.3 Å². The molecule has 0 spiro atoms. The van der Waals surface area contributed by atoms with E-state index in [1.54, 1.807) is 0 Å². The summed E-state index contributed by atoms with van der Waals surface area (Å²) in [6, 6.07) is 9.36. The van der Waals surface area contributed by atoms with E-state index in [4.69, 9.17) is 22.1 Å². The van der Waals surface area contributed by atoms with Gasteiger partial charge in [-0.15, -0.1) is 0 Å². The molecule has 3 nitrogen and oxygen atoms in total. The van der Waals surface area contributed by atoms with Crippen LogP contribution < -0.4 is 5.73 Å². The summed E-state index contributed by atoms with van der Waals surface area (Å²) >= 11 is 5.98. The second kappa shape index (κ2) is 8.70. The average molecular weight is 332 g/mol. The molecule has 0 amide bonds. The molecular weight excluding hydrogens is 310 g/mol. The van der Waals surface area contributed by atoms with Gasteiger partial charge in [0.05, 0.1) is 5.92 Å². The first-order valence-electron chi connectivity index (χ1n) is 7.74. The third-order valence-corrected chi connectivity index (χ3v) is 4.03. The van der Waals surface area contributed by atoms with Gasteiger partial charge in [-0.1, -0.05) is 59.7 Å². The molecule has 1 aromatic rings. The zero-order chi connectivity index (χ0) is 16.7. The topological polar surface area (TPSA) is 52.3 Å². The zero-order valence-electron chi connectivity index (χ0n) is 13.2. The fraction of sp³-hybridized carbons (Fsp3) is 0.316. The molecule has 23 heavy (non-hydrogen) atoms. The van der Waals surface area contributed by atoms with E-state index in [1.165, 1.54) is 0 Å². The molecule has 0 aromatic heterocycles. The van der Waals surface area contributed by atoms with Crippen molar-refractivity contribution in [2.75, 3.05) is 0 Å². The second-order valence-corrected chi connectivity index (χ2v) is 6.18. The van der Waals surface area contributed by atoms with Gasteiger partial charge in [0.25, 0.3) is 0 Å². The highest BCUT2D eigenvalue weighted by Gasteiger charge is 2.25. The van der Waals surface area contributed by atoms with E-state index in [2.05, 4.69) is 0 Å². The van der Waals surface area contributed by atoms with Crippen LogP contribution in [-0.2, 0) is 16.1 Å². The molecule has 0 saturated carbocycles. The first kappa shape index (κ1) is 17.5. The number of hydrogen-bond acceptors (Lipinski definition) is 3. The van der Waals surface area contributed by atoms with Gasteiger partial charge in [-0.25, -0.2) is 0 Å². The van der Waals surface area contributed by atoms with Crippen molar-refractivity contribution in [2.24, 2.45) is 11.7 Å². The third kappa shape index (κ3) is 5.70. The lowest BCUT2D eigenvalue weighted by atomic mass is 9.92. The highest BCUT2D eigenvalue weighted by Crippen LogP contribution is 2.23. The maximum Gasteiger partial charge on any atom is 0.311 e. The van der Waals surface area contributed by atoms with Crippen molar-refractivity contribution in [1.82, 2.24) is 0 Å². The highest BCUT2D eigenvalue weighted by molar-refractivity contribution is 6.31. The summed E-state index contributed by atoms with van der Waals surface area (Å²) in [5.74, 6) is -0.614. The first-order chi connectivity index (χ1) is 11.1. The SMILES string of the molecule is CC(N)C(CC1=CC=C(Cl)C=CC1)C(=O)OCc1ccccc1. The number of rotatable bonds is 6.